The molecular formula is C5H9FO4S2. The topological polar surface area (TPSA) is 60.4 Å². The zero-order valence-electron chi connectivity index (χ0n) is 6.40. The van der Waals surface area contributed by atoms with Gasteiger partial charge in [0.15, 0.2) is 0 Å². The van der Waals surface area contributed by atoms with Gasteiger partial charge in [-0.2, -0.15) is 12.0 Å². The highest BCUT2D eigenvalue weighted by molar-refractivity contribution is 7.97. The average molecular weight is 216 g/mol. The van der Waals surface area contributed by atoms with E-state index in [1.807, 2.05) is 0 Å². The van der Waals surface area contributed by atoms with Gasteiger partial charge in [0.1, 0.15) is 0 Å². The summed E-state index contributed by atoms with van der Waals surface area (Å²) in [6.45, 7) is 1.65. The van der Waals surface area contributed by atoms with E-state index in [1.165, 1.54) is 0 Å². The second kappa shape index (κ2) is 3.39. The van der Waals surface area contributed by atoms with Gasteiger partial charge < -0.3 is 0 Å². The van der Waals surface area contributed by atoms with Gasteiger partial charge in [-0.15, -0.1) is 0 Å². The van der Waals surface area contributed by atoms with Crippen LogP contribution in [0.4, 0.5) is 4.39 Å². The van der Waals surface area contributed by atoms with Crippen LogP contribution in [0.1, 0.15) is 13.3 Å². The van der Waals surface area contributed by atoms with E-state index in [2.05, 4.69) is 3.63 Å². The fraction of sp³-hybridized carbons (Fsp3) is 1.00. The highest BCUT2D eigenvalue weighted by atomic mass is 32.3. The first-order chi connectivity index (χ1) is 5.46. The molecule has 1 saturated heterocycles. The Hall–Kier alpha value is -0.0100. The van der Waals surface area contributed by atoms with Crippen LogP contribution in [-0.4, -0.2) is 23.9 Å². The van der Waals surface area contributed by atoms with E-state index in [-0.39, 0.29) is 5.75 Å². The summed E-state index contributed by atoms with van der Waals surface area (Å²) in [6.07, 6.45) is 0.343. The molecule has 3 unspecified atom stereocenters. The number of alkyl halides is 1. The summed E-state index contributed by atoms with van der Waals surface area (Å²) in [5.74, 6) is -1.08. The highest BCUT2D eigenvalue weighted by Gasteiger charge is 2.39. The third-order valence-electron chi connectivity index (χ3n) is 1.67. The third-order valence-corrected chi connectivity index (χ3v) is 4.62. The Balaban J connectivity index is 2.86. The lowest BCUT2D eigenvalue weighted by Gasteiger charge is -2.22. The number of rotatable bonds is 1. The van der Waals surface area contributed by atoms with Crippen molar-refractivity contribution in [2.75, 3.05) is 5.75 Å². The fourth-order valence-corrected chi connectivity index (χ4v) is 3.96. The minimum atomic E-state index is -3.77. The van der Waals surface area contributed by atoms with E-state index in [9.17, 15) is 17.0 Å². The maximum Gasteiger partial charge on any atom is 0.280 e. The molecule has 0 amide bonds. The van der Waals surface area contributed by atoms with Crippen molar-refractivity contribution in [3.63, 3.8) is 0 Å². The van der Waals surface area contributed by atoms with E-state index in [0.717, 1.165) is 0 Å². The Bertz CT molecular complexity index is 286. The minimum Gasteiger partial charge on any atom is -0.230 e. The summed E-state index contributed by atoms with van der Waals surface area (Å²) in [7, 11) is -3.77. The van der Waals surface area contributed by atoms with Crippen molar-refractivity contribution in [2.45, 2.75) is 18.8 Å². The van der Waals surface area contributed by atoms with Gasteiger partial charge in [-0.1, -0.05) is 6.92 Å². The van der Waals surface area contributed by atoms with Gasteiger partial charge in [0.25, 0.3) is 10.1 Å². The molecule has 1 fully saturated rings. The van der Waals surface area contributed by atoms with Gasteiger partial charge in [-0.05, 0) is 6.42 Å². The highest BCUT2D eigenvalue weighted by Crippen LogP contribution is 2.25. The van der Waals surface area contributed by atoms with E-state index in [4.69, 9.17) is 0 Å². The van der Waals surface area contributed by atoms with Crippen molar-refractivity contribution in [1.29, 1.82) is 0 Å². The molecule has 0 aromatic carbocycles. The number of hydrogen-bond donors (Lipinski definition) is 0. The maximum absolute atomic E-state index is 12.9. The Kier molecular flexibility index (Phi) is 2.84. The fourth-order valence-electron chi connectivity index (χ4n) is 0.966. The van der Waals surface area contributed by atoms with E-state index in [1.54, 1.807) is 6.92 Å². The van der Waals surface area contributed by atoms with Crippen LogP contribution in [-0.2, 0) is 24.8 Å². The second-order valence-electron chi connectivity index (χ2n) is 2.57. The van der Waals surface area contributed by atoms with Gasteiger partial charge in [-0.25, -0.2) is 8.60 Å². The average Bonchev–Trinajstić information content (AvgIpc) is 1.96. The SMILES string of the molecule is CCC1CS(=O)(=O)OS(=O)C1F. The van der Waals surface area contributed by atoms with Crippen LogP contribution < -0.4 is 0 Å². The molecule has 3 atom stereocenters. The van der Waals surface area contributed by atoms with Crippen molar-refractivity contribution in [1.82, 2.24) is 0 Å². The van der Waals surface area contributed by atoms with Crippen LogP contribution in [0.25, 0.3) is 0 Å². The number of halogens is 1. The Labute approximate surface area is 72.9 Å². The largest absolute Gasteiger partial charge is 0.280 e. The predicted octanol–water partition coefficient (Wildman–Crippen LogP) is 0.332. The lowest BCUT2D eigenvalue weighted by atomic mass is 10.1. The lowest BCUT2D eigenvalue weighted by molar-refractivity contribution is 0.296. The van der Waals surface area contributed by atoms with Crippen LogP contribution >= 0.6 is 0 Å². The summed E-state index contributed by atoms with van der Waals surface area (Å²) >= 11 is -2.34. The standard InChI is InChI=1S/C5H9FO4S2/c1-2-4-3-12(8,9)10-11(7)5(4)6/h4-5H,2-3H2,1H3. The van der Waals surface area contributed by atoms with E-state index in [0.29, 0.717) is 6.42 Å². The zero-order chi connectivity index (χ0) is 9.35. The Morgan fingerprint density at radius 2 is 2.25 bits per heavy atom. The molecule has 0 bridgehead atoms. The molecule has 72 valence electrons. The van der Waals surface area contributed by atoms with Gasteiger partial charge >= 0.3 is 0 Å². The summed E-state index contributed by atoms with van der Waals surface area (Å²) < 4.78 is 49.2. The summed E-state index contributed by atoms with van der Waals surface area (Å²) in [5.41, 5.74) is -1.68. The predicted molar refractivity (Wildman–Crippen MR) is 41.7 cm³/mol. The van der Waals surface area contributed by atoms with Crippen LogP contribution in [0.5, 0.6) is 0 Å². The van der Waals surface area contributed by atoms with Crippen LogP contribution in [0.2, 0.25) is 0 Å². The first-order valence-corrected chi connectivity index (χ1v) is 6.15. The Morgan fingerprint density at radius 1 is 1.67 bits per heavy atom. The summed E-state index contributed by atoms with van der Waals surface area (Å²) in [4.78, 5) is 0. The molecule has 0 N–H and O–H groups in total. The van der Waals surface area contributed by atoms with Crippen molar-refractivity contribution in [3.8, 4) is 0 Å². The van der Waals surface area contributed by atoms with Crippen molar-refractivity contribution in [2.24, 2.45) is 5.92 Å². The molecule has 0 aromatic rings. The molecular weight excluding hydrogens is 207 g/mol. The normalized spacial score (nSPS) is 41.0. The summed E-state index contributed by atoms with van der Waals surface area (Å²) in [5, 5.41) is 0. The Morgan fingerprint density at radius 3 is 2.75 bits per heavy atom. The van der Waals surface area contributed by atoms with Gasteiger partial charge in [-0.3, -0.25) is 0 Å². The minimum absolute atomic E-state index is 0.343. The molecule has 1 heterocycles. The van der Waals surface area contributed by atoms with Crippen LogP contribution in [0.15, 0.2) is 0 Å². The molecule has 0 spiro atoms. The third kappa shape index (κ3) is 2.02. The molecule has 4 nitrogen and oxygen atoms in total. The van der Waals surface area contributed by atoms with Gasteiger partial charge in [0, 0.05) is 5.92 Å². The first kappa shape index (κ1) is 10.1. The quantitative estimate of drug-likeness (QED) is 0.634. The van der Waals surface area contributed by atoms with Gasteiger partial charge in [0.2, 0.25) is 16.6 Å². The number of hydrogen-bond acceptors (Lipinski definition) is 4. The first-order valence-electron chi connectivity index (χ1n) is 3.43. The van der Waals surface area contributed by atoms with Gasteiger partial charge in [0.05, 0.1) is 5.75 Å². The molecule has 0 aromatic heterocycles. The van der Waals surface area contributed by atoms with Crippen LogP contribution in [0.3, 0.4) is 0 Å². The monoisotopic (exact) mass is 216 g/mol. The second-order valence-corrected chi connectivity index (χ2v) is 5.54. The molecule has 1 aliphatic rings. The van der Waals surface area contributed by atoms with Crippen molar-refractivity contribution < 1.29 is 20.6 Å². The molecule has 0 saturated carbocycles. The molecule has 7 heteroatoms. The van der Waals surface area contributed by atoms with E-state index >= 15 is 0 Å². The van der Waals surface area contributed by atoms with Crippen LogP contribution in [0, 0.1) is 5.92 Å². The lowest BCUT2D eigenvalue weighted by Crippen LogP contribution is -2.36. The molecule has 0 aliphatic carbocycles. The molecule has 12 heavy (non-hydrogen) atoms. The zero-order valence-corrected chi connectivity index (χ0v) is 8.03. The summed E-state index contributed by atoms with van der Waals surface area (Å²) in [6, 6.07) is 0. The molecule has 1 rings (SSSR count). The van der Waals surface area contributed by atoms with E-state index < -0.39 is 32.6 Å². The maximum atomic E-state index is 12.9. The molecule has 1 aliphatic heterocycles. The van der Waals surface area contributed by atoms with Crippen molar-refractivity contribution in [3.05, 3.63) is 0 Å². The smallest absolute Gasteiger partial charge is 0.230 e. The van der Waals surface area contributed by atoms with Crippen molar-refractivity contribution >= 4 is 21.2 Å². The molecule has 0 radical (unpaired) electrons.